The van der Waals surface area contributed by atoms with Crippen molar-refractivity contribution in [3.8, 4) is 0 Å². The van der Waals surface area contributed by atoms with Gasteiger partial charge in [0.2, 0.25) is 0 Å². The highest BCUT2D eigenvalue weighted by atomic mass is 16.5. The van der Waals surface area contributed by atoms with Crippen LogP contribution in [0.2, 0.25) is 0 Å². The summed E-state index contributed by atoms with van der Waals surface area (Å²) in [5.74, 6) is 0.738. The Hall–Kier alpha value is -0.160. The molecule has 0 amide bonds. The van der Waals surface area contributed by atoms with Gasteiger partial charge in [-0.3, -0.25) is 0 Å². The number of hydrogen-bond donors (Lipinski definition) is 3. The predicted octanol–water partition coefficient (Wildman–Crippen LogP) is -1.01. The van der Waals surface area contributed by atoms with Crippen molar-refractivity contribution in [2.24, 2.45) is 11.3 Å². The first-order valence-corrected chi connectivity index (χ1v) is 8.78. The fourth-order valence-electron chi connectivity index (χ4n) is 4.26. The summed E-state index contributed by atoms with van der Waals surface area (Å²) in [7, 11) is 2.25. The fraction of sp³-hybridized carbons (Fsp3) is 1.00. The zero-order chi connectivity index (χ0) is 15.5. The SMILES string of the molecule is C[C@H]1C[C@H](OC[C@H](O)C[NH+]2CC[NH+](C)CC2)CC(C)(C)C1. The van der Waals surface area contributed by atoms with Crippen LogP contribution in [0.4, 0.5) is 0 Å². The second kappa shape index (κ2) is 7.40. The van der Waals surface area contributed by atoms with Crippen LogP contribution in [-0.2, 0) is 4.74 Å². The van der Waals surface area contributed by atoms with Crippen LogP contribution in [0.15, 0.2) is 0 Å². The van der Waals surface area contributed by atoms with Gasteiger partial charge in [-0.2, -0.15) is 0 Å². The maximum atomic E-state index is 10.2. The Bertz CT molecular complexity index is 314. The fourth-order valence-corrected chi connectivity index (χ4v) is 4.26. The molecular weight excluding hydrogens is 264 g/mol. The molecule has 2 aliphatic rings. The number of ether oxygens (including phenoxy) is 1. The zero-order valence-electron chi connectivity index (χ0n) is 14.5. The van der Waals surface area contributed by atoms with Crippen molar-refractivity contribution in [1.82, 2.24) is 0 Å². The van der Waals surface area contributed by atoms with Crippen molar-refractivity contribution in [2.75, 3.05) is 46.4 Å². The molecule has 1 heterocycles. The second-order valence-electron chi connectivity index (χ2n) is 8.43. The van der Waals surface area contributed by atoms with Crippen LogP contribution in [0.3, 0.4) is 0 Å². The highest BCUT2D eigenvalue weighted by molar-refractivity contribution is 4.83. The average Bonchev–Trinajstić information content (AvgIpc) is 2.37. The predicted molar refractivity (Wildman–Crippen MR) is 84.7 cm³/mol. The molecule has 0 bridgehead atoms. The third-order valence-corrected chi connectivity index (χ3v) is 5.21. The molecule has 1 aliphatic heterocycles. The Morgan fingerprint density at radius 2 is 1.86 bits per heavy atom. The number of likely N-dealkylation sites (N-methyl/N-ethyl adjacent to an activating group) is 1. The van der Waals surface area contributed by atoms with E-state index in [9.17, 15) is 5.11 Å². The van der Waals surface area contributed by atoms with Gasteiger partial charge in [-0.25, -0.2) is 0 Å². The molecule has 124 valence electrons. The summed E-state index contributed by atoms with van der Waals surface area (Å²) in [4.78, 5) is 3.15. The molecule has 3 N–H and O–H groups in total. The van der Waals surface area contributed by atoms with Crippen molar-refractivity contribution < 1.29 is 19.6 Å². The molecule has 1 saturated carbocycles. The largest absolute Gasteiger partial charge is 0.385 e. The van der Waals surface area contributed by atoms with Crippen LogP contribution >= 0.6 is 0 Å². The third kappa shape index (κ3) is 5.85. The molecule has 4 heteroatoms. The van der Waals surface area contributed by atoms with Crippen LogP contribution in [0.25, 0.3) is 0 Å². The summed E-state index contributed by atoms with van der Waals surface area (Å²) in [6.07, 6.45) is 3.61. The van der Waals surface area contributed by atoms with Gasteiger partial charge in [0.05, 0.1) is 19.8 Å². The lowest BCUT2D eigenvalue weighted by atomic mass is 9.71. The molecule has 3 atom stereocenters. The minimum Gasteiger partial charge on any atom is -0.385 e. The monoisotopic (exact) mass is 300 g/mol. The van der Waals surface area contributed by atoms with Gasteiger partial charge in [-0.05, 0) is 30.6 Å². The first-order chi connectivity index (χ1) is 9.84. The highest BCUT2D eigenvalue weighted by Gasteiger charge is 2.33. The molecule has 2 rings (SSSR count). The Morgan fingerprint density at radius 3 is 2.48 bits per heavy atom. The Labute approximate surface area is 130 Å². The molecular formula is C17H36N2O2+2. The van der Waals surface area contributed by atoms with Crippen molar-refractivity contribution in [3.05, 3.63) is 0 Å². The highest BCUT2D eigenvalue weighted by Crippen LogP contribution is 2.39. The molecule has 0 radical (unpaired) electrons. The topological polar surface area (TPSA) is 38.3 Å². The standard InChI is InChI=1S/C17H34N2O2/c1-14-9-16(11-17(2,3)10-14)21-13-15(20)12-19-7-5-18(4)6-8-19/h14-16,20H,5-13H2,1-4H3/p+2/t14-,15+,16-/m0/s1. The van der Waals surface area contributed by atoms with E-state index >= 15 is 0 Å². The van der Waals surface area contributed by atoms with Gasteiger partial charge in [0.1, 0.15) is 38.8 Å². The second-order valence-corrected chi connectivity index (χ2v) is 8.43. The van der Waals surface area contributed by atoms with Gasteiger partial charge in [0.15, 0.2) is 0 Å². The first-order valence-electron chi connectivity index (χ1n) is 8.78. The van der Waals surface area contributed by atoms with E-state index in [0.29, 0.717) is 18.1 Å². The van der Waals surface area contributed by atoms with E-state index in [4.69, 9.17) is 4.74 Å². The van der Waals surface area contributed by atoms with E-state index in [-0.39, 0.29) is 6.10 Å². The number of hydrogen-bond acceptors (Lipinski definition) is 2. The summed E-state index contributed by atoms with van der Waals surface area (Å²) in [6, 6.07) is 0. The van der Waals surface area contributed by atoms with E-state index in [0.717, 1.165) is 25.3 Å². The van der Waals surface area contributed by atoms with Crippen molar-refractivity contribution in [3.63, 3.8) is 0 Å². The smallest absolute Gasteiger partial charge is 0.127 e. The normalized spacial score (nSPS) is 38.1. The molecule has 2 fully saturated rings. The summed E-state index contributed by atoms with van der Waals surface area (Å²) >= 11 is 0. The van der Waals surface area contributed by atoms with Crippen molar-refractivity contribution >= 4 is 0 Å². The van der Waals surface area contributed by atoms with Gasteiger partial charge < -0.3 is 19.6 Å². The molecule has 4 nitrogen and oxygen atoms in total. The van der Waals surface area contributed by atoms with E-state index < -0.39 is 0 Å². The number of aliphatic hydroxyl groups is 1. The number of aliphatic hydroxyl groups excluding tert-OH is 1. The van der Waals surface area contributed by atoms with Gasteiger partial charge in [0, 0.05) is 0 Å². The number of rotatable bonds is 5. The zero-order valence-corrected chi connectivity index (χ0v) is 14.5. The molecule has 1 aliphatic carbocycles. The van der Waals surface area contributed by atoms with Crippen LogP contribution in [0.1, 0.15) is 40.0 Å². The number of piperazine rings is 1. The van der Waals surface area contributed by atoms with E-state index in [1.807, 2.05) is 0 Å². The van der Waals surface area contributed by atoms with Crippen molar-refractivity contribution in [1.29, 1.82) is 0 Å². The first kappa shape index (κ1) is 17.2. The van der Waals surface area contributed by atoms with E-state index in [1.165, 1.54) is 37.5 Å². The summed E-state index contributed by atoms with van der Waals surface area (Å²) < 4.78 is 6.04. The molecule has 21 heavy (non-hydrogen) atoms. The molecule has 0 unspecified atom stereocenters. The number of quaternary nitrogens is 2. The van der Waals surface area contributed by atoms with E-state index in [2.05, 4.69) is 27.8 Å². The molecule has 0 aromatic heterocycles. The van der Waals surface area contributed by atoms with Gasteiger partial charge in [0.25, 0.3) is 0 Å². The quantitative estimate of drug-likeness (QED) is 0.609. The Morgan fingerprint density at radius 1 is 1.19 bits per heavy atom. The molecule has 0 spiro atoms. The van der Waals surface area contributed by atoms with Crippen LogP contribution in [0.5, 0.6) is 0 Å². The average molecular weight is 300 g/mol. The van der Waals surface area contributed by atoms with Crippen LogP contribution < -0.4 is 9.80 Å². The van der Waals surface area contributed by atoms with Gasteiger partial charge in [-0.15, -0.1) is 0 Å². The molecule has 1 saturated heterocycles. The number of nitrogens with one attached hydrogen (secondary N) is 2. The summed E-state index contributed by atoms with van der Waals surface area (Å²) in [5, 5.41) is 10.2. The van der Waals surface area contributed by atoms with Gasteiger partial charge in [-0.1, -0.05) is 20.8 Å². The minimum atomic E-state index is -0.307. The van der Waals surface area contributed by atoms with Crippen LogP contribution in [-0.4, -0.2) is 63.7 Å². The summed E-state index contributed by atoms with van der Waals surface area (Å²) in [6.45, 7) is 13.2. The Kier molecular flexibility index (Phi) is 6.06. The third-order valence-electron chi connectivity index (χ3n) is 5.21. The molecule has 0 aromatic carbocycles. The van der Waals surface area contributed by atoms with Crippen molar-refractivity contribution in [2.45, 2.75) is 52.2 Å². The lowest BCUT2D eigenvalue weighted by Gasteiger charge is -2.39. The van der Waals surface area contributed by atoms with Gasteiger partial charge >= 0.3 is 0 Å². The molecule has 0 aromatic rings. The maximum Gasteiger partial charge on any atom is 0.127 e. The summed E-state index contributed by atoms with van der Waals surface area (Å²) in [5.41, 5.74) is 0.388. The maximum absolute atomic E-state index is 10.2. The lowest BCUT2D eigenvalue weighted by molar-refractivity contribution is -1.00. The lowest BCUT2D eigenvalue weighted by Crippen LogP contribution is -3.27. The van der Waals surface area contributed by atoms with Crippen LogP contribution in [0, 0.1) is 11.3 Å². The minimum absolute atomic E-state index is 0.307. The van der Waals surface area contributed by atoms with E-state index in [1.54, 1.807) is 4.90 Å². The Balaban J connectivity index is 1.67.